The van der Waals surface area contributed by atoms with Crippen LogP contribution in [0.2, 0.25) is 0 Å². The predicted octanol–water partition coefficient (Wildman–Crippen LogP) is 2.84. The molecule has 0 bridgehead atoms. The van der Waals surface area contributed by atoms with Crippen LogP contribution < -0.4 is 10.5 Å². The summed E-state index contributed by atoms with van der Waals surface area (Å²) in [5, 5.41) is 7.93. The number of amides is 2. The molecule has 8 heteroatoms. The number of nitrogens with zero attached hydrogens (tertiary/aromatic N) is 1. The van der Waals surface area contributed by atoms with Crippen LogP contribution in [0.4, 0.5) is 5.69 Å². The molecule has 1 atom stereocenters. The van der Waals surface area contributed by atoms with Gasteiger partial charge in [-0.1, -0.05) is 12.1 Å². The summed E-state index contributed by atoms with van der Waals surface area (Å²) in [5.41, 5.74) is 2.74. The first-order chi connectivity index (χ1) is 14.1. The lowest BCUT2D eigenvalue weighted by atomic mass is 10.0. The second-order valence-corrected chi connectivity index (χ2v) is 9.35. The summed E-state index contributed by atoms with van der Waals surface area (Å²) >= 11 is 0. The highest BCUT2D eigenvalue weighted by atomic mass is 32.2. The van der Waals surface area contributed by atoms with Gasteiger partial charge in [0.25, 0.3) is 5.91 Å². The van der Waals surface area contributed by atoms with E-state index >= 15 is 0 Å². The van der Waals surface area contributed by atoms with Crippen LogP contribution in [-0.4, -0.2) is 37.7 Å². The summed E-state index contributed by atoms with van der Waals surface area (Å²) < 4.78 is 22.6. The molecule has 3 rings (SSSR count). The highest BCUT2D eigenvalue weighted by molar-refractivity contribution is 7.89. The smallest absolute Gasteiger partial charge is 0.254 e. The van der Waals surface area contributed by atoms with E-state index in [1.807, 2.05) is 11.8 Å². The third kappa shape index (κ3) is 5.25. The molecule has 0 aliphatic carbocycles. The van der Waals surface area contributed by atoms with Gasteiger partial charge >= 0.3 is 0 Å². The van der Waals surface area contributed by atoms with Gasteiger partial charge in [-0.2, -0.15) is 0 Å². The number of rotatable bonds is 5. The minimum atomic E-state index is -3.76. The van der Waals surface area contributed by atoms with Crippen LogP contribution in [0, 0.1) is 6.92 Å². The van der Waals surface area contributed by atoms with Crippen molar-refractivity contribution in [1.29, 1.82) is 0 Å². The van der Waals surface area contributed by atoms with Crippen LogP contribution in [-0.2, 0) is 21.2 Å². The topological polar surface area (TPSA) is 110 Å². The van der Waals surface area contributed by atoms with Crippen LogP contribution >= 0.6 is 0 Å². The van der Waals surface area contributed by atoms with E-state index in [1.54, 1.807) is 30.3 Å². The standard InChI is InChI=1S/C22H27N3O4S/c1-15-13-18(22(27)25-12-4-3-5-16(25)2)8-11-20(15)24-21(26)14-17-6-9-19(10-7-17)30(23,28)29/h6-11,13,16H,3-5,12,14H2,1-2H3,(H,24,26)(H2,23,28,29). The second-order valence-electron chi connectivity index (χ2n) is 7.79. The summed E-state index contributed by atoms with van der Waals surface area (Å²) in [6.45, 7) is 4.71. The van der Waals surface area contributed by atoms with Gasteiger partial charge in [0.05, 0.1) is 11.3 Å². The summed E-state index contributed by atoms with van der Waals surface area (Å²) in [4.78, 5) is 27.1. The Kier molecular flexibility index (Phi) is 6.58. The van der Waals surface area contributed by atoms with E-state index in [0.29, 0.717) is 16.8 Å². The molecule has 0 aromatic heterocycles. The highest BCUT2D eigenvalue weighted by Gasteiger charge is 2.24. The molecule has 1 saturated heterocycles. The number of hydrogen-bond donors (Lipinski definition) is 2. The lowest BCUT2D eigenvalue weighted by molar-refractivity contribution is -0.115. The second kappa shape index (κ2) is 8.97. The van der Waals surface area contributed by atoms with Crippen molar-refractivity contribution in [3.05, 3.63) is 59.2 Å². The number of hydrogen-bond acceptors (Lipinski definition) is 4. The van der Waals surface area contributed by atoms with E-state index in [2.05, 4.69) is 12.2 Å². The third-order valence-electron chi connectivity index (χ3n) is 5.43. The minimum absolute atomic E-state index is 0.00535. The van der Waals surface area contributed by atoms with Gasteiger partial charge in [-0.15, -0.1) is 0 Å². The Morgan fingerprint density at radius 3 is 2.43 bits per heavy atom. The molecule has 0 radical (unpaired) electrons. The number of piperidine rings is 1. The predicted molar refractivity (Wildman–Crippen MR) is 116 cm³/mol. The van der Waals surface area contributed by atoms with Crippen molar-refractivity contribution in [2.45, 2.75) is 50.5 Å². The van der Waals surface area contributed by atoms with Crippen molar-refractivity contribution < 1.29 is 18.0 Å². The Labute approximate surface area is 177 Å². The van der Waals surface area contributed by atoms with Crippen molar-refractivity contribution in [1.82, 2.24) is 4.90 Å². The number of nitrogens with one attached hydrogen (secondary N) is 1. The molecular formula is C22H27N3O4S. The first kappa shape index (κ1) is 22.0. The van der Waals surface area contributed by atoms with E-state index in [4.69, 9.17) is 5.14 Å². The number of aryl methyl sites for hydroxylation is 1. The van der Waals surface area contributed by atoms with Crippen LogP contribution in [0.3, 0.4) is 0 Å². The monoisotopic (exact) mass is 429 g/mol. The van der Waals surface area contributed by atoms with Crippen molar-refractivity contribution >= 4 is 27.5 Å². The van der Waals surface area contributed by atoms with Gasteiger partial charge < -0.3 is 10.2 Å². The number of benzene rings is 2. The fourth-order valence-electron chi connectivity index (χ4n) is 3.68. The first-order valence-electron chi connectivity index (χ1n) is 9.98. The molecule has 7 nitrogen and oxygen atoms in total. The third-order valence-corrected chi connectivity index (χ3v) is 6.36. The van der Waals surface area contributed by atoms with Crippen molar-refractivity contribution in [3.8, 4) is 0 Å². The number of anilines is 1. The number of sulfonamides is 1. The average Bonchev–Trinajstić information content (AvgIpc) is 2.69. The van der Waals surface area contributed by atoms with Crippen molar-refractivity contribution in [3.63, 3.8) is 0 Å². The molecule has 1 unspecified atom stereocenters. The maximum Gasteiger partial charge on any atom is 0.254 e. The highest BCUT2D eigenvalue weighted by Crippen LogP contribution is 2.22. The Bertz CT molecular complexity index is 1050. The average molecular weight is 430 g/mol. The molecule has 2 aromatic rings. The maximum absolute atomic E-state index is 12.8. The van der Waals surface area contributed by atoms with Gasteiger partial charge in [-0.3, -0.25) is 9.59 Å². The molecule has 0 spiro atoms. The fourth-order valence-corrected chi connectivity index (χ4v) is 4.19. The van der Waals surface area contributed by atoms with Gasteiger partial charge in [-0.05, 0) is 74.6 Å². The molecule has 1 heterocycles. The SMILES string of the molecule is Cc1cc(C(=O)N2CCCCC2C)ccc1NC(=O)Cc1ccc(S(N)(=O)=O)cc1. The van der Waals surface area contributed by atoms with E-state index in [1.165, 1.54) is 12.1 Å². The van der Waals surface area contributed by atoms with Gasteiger partial charge in [0.2, 0.25) is 15.9 Å². The first-order valence-corrected chi connectivity index (χ1v) is 11.5. The number of carbonyl (C=O) groups excluding carboxylic acids is 2. The fraction of sp³-hybridized carbons (Fsp3) is 0.364. The molecule has 1 aliphatic heterocycles. The Balaban J connectivity index is 1.65. The van der Waals surface area contributed by atoms with Crippen LogP contribution in [0.15, 0.2) is 47.4 Å². The number of primary sulfonamides is 1. The molecule has 3 N–H and O–H groups in total. The van der Waals surface area contributed by atoms with Gasteiger partial charge in [0, 0.05) is 23.8 Å². The van der Waals surface area contributed by atoms with Crippen LogP contribution in [0.25, 0.3) is 0 Å². The Morgan fingerprint density at radius 2 is 1.83 bits per heavy atom. The van der Waals surface area contributed by atoms with Crippen molar-refractivity contribution in [2.75, 3.05) is 11.9 Å². The lowest BCUT2D eigenvalue weighted by Crippen LogP contribution is -2.42. The normalized spacial score (nSPS) is 16.9. The Morgan fingerprint density at radius 1 is 1.13 bits per heavy atom. The maximum atomic E-state index is 12.8. The zero-order valence-corrected chi connectivity index (χ0v) is 18.0. The number of likely N-dealkylation sites (tertiary alicyclic amines) is 1. The quantitative estimate of drug-likeness (QED) is 0.761. The van der Waals surface area contributed by atoms with Crippen LogP contribution in [0.5, 0.6) is 0 Å². The summed E-state index contributed by atoms with van der Waals surface area (Å²) in [7, 11) is -3.76. The number of nitrogens with two attached hydrogens (primary N) is 1. The van der Waals surface area contributed by atoms with Gasteiger partial charge in [-0.25, -0.2) is 13.6 Å². The van der Waals surface area contributed by atoms with Gasteiger partial charge in [0.1, 0.15) is 0 Å². The minimum Gasteiger partial charge on any atom is -0.336 e. The zero-order valence-electron chi connectivity index (χ0n) is 17.2. The molecule has 1 fully saturated rings. The summed E-state index contributed by atoms with van der Waals surface area (Å²) in [5.74, 6) is -0.205. The number of carbonyl (C=O) groups is 2. The Hall–Kier alpha value is -2.71. The van der Waals surface area contributed by atoms with E-state index < -0.39 is 10.0 Å². The molecule has 2 aromatic carbocycles. The summed E-state index contributed by atoms with van der Waals surface area (Å²) in [6, 6.07) is 11.4. The molecule has 2 amide bonds. The van der Waals surface area contributed by atoms with E-state index in [-0.39, 0.29) is 29.2 Å². The molecular weight excluding hydrogens is 402 g/mol. The van der Waals surface area contributed by atoms with E-state index in [0.717, 1.165) is 31.4 Å². The van der Waals surface area contributed by atoms with Gasteiger partial charge in [0.15, 0.2) is 0 Å². The summed E-state index contributed by atoms with van der Waals surface area (Å²) in [6.07, 6.45) is 3.30. The molecule has 0 saturated carbocycles. The molecule has 1 aliphatic rings. The molecule has 30 heavy (non-hydrogen) atoms. The van der Waals surface area contributed by atoms with Crippen molar-refractivity contribution in [2.24, 2.45) is 5.14 Å². The zero-order chi connectivity index (χ0) is 21.9. The largest absolute Gasteiger partial charge is 0.336 e. The van der Waals surface area contributed by atoms with E-state index in [9.17, 15) is 18.0 Å². The lowest BCUT2D eigenvalue weighted by Gasteiger charge is -2.33. The molecule has 160 valence electrons. The van der Waals surface area contributed by atoms with Crippen LogP contribution in [0.1, 0.15) is 47.7 Å².